The summed E-state index contributed by atoms with van der Waals surface area (Å²) in [5, 5.41) is 10.5. The Bertz CT molecular complexity index is 1450. The first kappa shape index (κ1) is 22.5. The van der Waals surface area contributed by atoms with Crippen molar-refractivity contribution in [1.29, 1.82) is 5.26 Å². The molecule has 5 rings (SSSR count). The summed E-state index contributed by atoms with van der Waals surface area (Å²) in [5.41, 5.74) is 3.94. The van der Waals surface area contributed by atoms with Gasteiger partial charge in [-0.1, -0.05) is 48.5 Å². The Morgan fingerprint density at radius 3 is 2.60 bits per heavy atom. The van der Waals surface area contributed by atoms with Crippen molar-refractivity contribution in [2.45, 2.75) is 6.42 Å². The zero-order valence-corrected chi connectivity index (χ0v) is 19.7. The van der Waals surface area contributed by atoms with E-state index in [0.717, 1.165) is 16.8 Å². The van der Waals surface area contributed by atoms with Crippen LogP contribution in [0.3, 0.4) is 0 Å². The van der Waals surface area contributed by atoms with E-state index in [9.17, 15) is 4.79 Å². The fraction of sp³-hybridized carbons (Fsp3) is 0.107. The Hall–Kier alpha value is -4.28. The van der Waals surface area contributed by atoms with Crippen molar-refractivity contribution in [2.75, 3.05) is 13.2 Å². The largest absolute Gasteiger partial charge is 0.479 e. The van der Waals surface area contributed by atoms with Crippen LogP contribution in [0.1, 0.15) is 11.1 Å². The van der Waals surface area contributed by atoms with Crippen LogP contribution >= 0.6 is 11.8 Å². The maximum atomic E-state index is 13.4. The molecule has 3 aromatic carbocycles. The number of aromatic nitrogens is 1. The summed E-state index contributed by atoms with van der Waals surface area (Å²) < 4.78 is 5.32. The number of benzene rings is 3. The fourth-order valence-electron chi connectivity index (χ4n) is 3.90. The predicted octanol–water partition coefficient (Wildman–Crippen LogP) is 5.92. The second-order valence-corrected chi connectivity index (χ2v) is 8.93. The van der Waals surface area contributed by atoms with E-state index in [0.29, 0.717) is 28.8 Å². The Balaban J connectivity index is 1.40. The van der Waals surface area contributed by atoms with Gasteiger partial charge >= 0.3 is 0 Å². The molecule has 0 aliphatic carbocycles. The predicted molar refractivity (Wildman–Crippen MR) is 140 cm³/mol. The number of nitrogens with zero attached hydrogens (tertiary/aromatic N) is 3. The number of para-hydroxylation sites is 2. The molecule has 1 amide bonds. The second-order valence-electron chi connectivity index (χ2n) is 7.92. The number of hydrogen-bond acceptors (Lipinski definition) is 5. The summed E-state index contributed by atoms with van der Waals surface area (Å²) in [6.45, 7) is 0.525. The molecule has 172 valence electrons. The number of hydrogen-bond donors (Lipinski definition) is 1. The number of carbonyl (C=O) groups excluding carboxylic acids is 1. The van der Waals surface area contributed by atoms with Gasteiger partial charge in [0.05, 0.1) is 10.6 Å². The number of carbonyl (C=O) groups is 1. The number of aromatic amines is 1. The number of fused-ring (bicyclic) bond motifs is 1. The molecule has 1 fully saturated rings. The number of thioether (sulfide) groups is 1. The van der Waals surface area contributed by atoms with Gasteiger partial charge < -0.3 is 9.72 Å². The van der Waals surface area contributed by atoms with Crippen LogP contribution in [0.15, 0.2) is 95.0 Å². The molecular weight excluding hydrogens is 456 g/mol. The summed E-state index contributed by atoms with van der Waals surface area (Å²) in [6, 6.07) is 27.1. The molecule has 0 unspecified atom stereocenters. The highest BCUT2D eigenvalue weighted by Gasteiger charge is 2.33. The number of amidine groups is 1. The molecular formula is C28H22N4O2S. The SMILES string of the molecule is N#CCOc1ccc(/C=C2/SC(=Nc3ccccc3)N(CCc3c[nH]c4ccccc34)C2=O)cc1. The summed E-state index contributed by atoms with van der Waals surface area (Å²) in [7, 11) is 0. The van der Waals surface area contributed by atoms with Gasteiger partial charge in [0.25, 0.3) is 5.91 Å². The van der Waals surface area contributed by atoms with Crippen LogP contribution < -0.4 is 4.74 Å². The molecule has 4 aromatic rings. The van der Waals surface area contributed by atoms with E-state index in [1.165, 1.54) is 22.7 Å². The third-order valence-electron chi connectivity index (χ3n) is 5.63. The highest BCUT2D eigenvalue weighted by molar-refractivity contribution is 8.18. The van der Waals surface area contributed by atoms with Crippen molar-refractivity contribution < 1.29 is 9.53 Å². The molecule has 1 N–H and O–H groups in total. The fourth-order valence-corrected chi connectivity index (χ4v) is 4.92. The van der Waals surface area contributed by atoms with E-state index in [4.69, 9.17) is 15.0 Å². The van der Waals surface area contributed by atoms with Gasteiger partial charge in [-0.25, -0.2) is 4.99 Å². The van der Waals surface area contributed by atoms with Crippen molar-refractivity contribution in [2.24, 2.45) is 4.99 Å². The van der Waals surface area contributed by atoms with Gasteiger partial charge in [-0.3, -0.25) is 9.69 Å². The summed E-state index contributed by atoms with van der Waals surface area (Å²) in [5.74, 6) is 0.556. The number of H-pyrrole nitrogens is 1. The maximum absolute atomic E-state index is 13.4. The molecule has 1 aliphatic heterocycles. The molecule has 1 aromatic heterocycles. The van der Waals surface area contributed by atoms with E-state index in [1.807, 2.05) is 72.9 Å². The zero-order valence-electron chi connectivity index (χ0n) is 18.8. The lowest BCUT2D eigenvalue weighted by Crippen LogP contribution is -2.31. The minimum atomic E-state index is -0.0608. The van der Waals surface area contributed by atoms with E-state index in [2.05, 4.69) is 17.1 Å². The molecule has 1 aliphatic rings. The van der Waals surface area contributed by atoms with Crippen LogP contribution in [0.2, 0.25) is 0 Å². The van der Waals surface area contributed by atoms with Crippen LogP contribution in [-0.2, 0) is 11.2 Å². The van der Waals surface area contributed by atoms with Crippen LogP contribution in [-0.4, -0.2) is 34.1 Å². The topological polar surface area (TPSA) is 81.5 Å². The third kappa shape index (κ3) is 5.13. The molecule has 35 heavy (non-hydrogen) atoms. The first-order chi connectivity index (χ1) is 17.2. The molecule has 6 nitrogen and oxygen atoms in total. The Labute approximate surface area is 207 Å². The quantitative estimate of drug-likeness (QED) is 0.335. The Morgan fingerprint density at radius 2 is 1.80 bits per heavy atom. The number of nitrogens with one attached hydrogen (secondary N) is 1. The molecule has 1 saturated heterocycles. The van der Waals surface area contributed by atoms with Crippen LogP contribution in [0.5, 0.6) is 5.75 Å². The van der Waals surface area contributed by atoms with E-state index < -0.39 is 0 Å². The number of amides is 1. The minimum Gasteiger partial charge on any atom is -0.479 e. The van der Waals surface area contributed by atoms with Crippen molar-refractivity contribution in [3.63, 3.8) is 0 Å². The van der Waals surface area contributed by atoms with Gasteiger partial charge in [0, 0.05) is 23.6 Å². The van der Waals surface area contributed by atoms with Gasteiger partial charge in [0.1, 0.15) is 11.8 Å². The van der Waals surface area contributed by atoms with E-state index in [-0.39, 0.29) is 12.5 Å². The first-order valence-corrected chi connectivity index (χ1v) is 12.0. The number of nitriles is 1. The van der Waals surface area contributed by atoms with E-state index in [1.54, 1.807) is 17.0 Å². The van der Waals surface area contributed by atoms with Crippen LogP contribution in [0.25, 0.3) is 17.0 Å². The van der Waals surface area contributed by atoms with Crippen molar-refractivity contribution in [3.8, 4) is 11.8 Å². The van der Waals surface area contributed by atoms with Gasteiger partial charge in [-0.05, 0) is 65.7 Å². The monoisotopic (exact) mass is 478 g/mol. The lowest BCUT2D eigenvalue weighted by atomic mass is 10.1. The second kappa shape index (κ2) is 10.3. The van der Waals surface area contributed by atoms with Gasteiger partial charge in [0.2, 0.25) is 0 Å². The van der Waals surface area contributed by atoms with Gasteiger partial charge in [-0.15, -0.1) is 0 Å². The highest BCUT2D eigenvalue weighted by Crippen LogP contribution is 2.34. The first-order valence-electron chi connectivity index (χ1n) is 11.2. The van der Waals surface area contributed by atoms with Gasteiger partial charge in [-0.2, -0.15) is 5.26 Å². The standard InChI is InChI=1S/C28H22N4O2S/c29-15-17-34-23-12-10-20(11-13-23)18-26-27(33)32(28(35-26)31-22-6-2-1-3-7-22)16-14-21-19-30-25-9-5-4-8-24(21)25/h1-13,18-19,30H,14,16-17H2/b26-18+,31-28?. The summed E-state index contributed by atoms with van der Waals surface area (Å²) in [4.78, 5) is 23.9. The Kier molecular flexibility index (Phi) is 6.64. The maximum Gasteiger partial charge on any atom is 0.266 e. The summed E-state index contributed by atoms with van der Waals surface area (Å²) in [6.07, 6.45) is 4.59. The lowest BCUT2D eigenvalue weighted by molar-refractivity contribution is -0.122. The normalized spacial score (nSPS) is 15.7. The molecule has 0 bridgehead atoms. The highest BCUT2D eigenvalue weighted by atomic mass is 32.2. The Morgan fingerprint density at radius 1 is 1.03 bits per heavy atom. The van der Waals surface area contributed by atoms with Crippen molar-refractivity contribution in [1.82, 2.24) is 9.88 Å². The van der Waals surface area contributed by atoms with Crippen LogP contribution in [0, 0.1) is 11.3 Å². The average Bonchev–Trinajstić information content (AvgIpc) is 3.43. The zero-order chi connectivity index (χ0) is 24.0. The third-order valence-corrected chi connectivity index (χ3v) is 6.64. The van der Waals surface area contributed by atoms with Gasteiger partial charge in [0.15, 0.2) is 11.8 Å². The molecule has 0 atom stereocenters. The molecule has 0 spiro atoms. The van der Waals surface area contributed by atoms with Crippen molar-refractivity contribution >= 4 is 45.5 Å². The molecule has 0 radical (unpaired) electrons. The number of aliphatic imine (C=N–C) groups is 1. The molecule has 7 heteroatoms. The van der Waals surface area contributed by atoms with Crippen LogP contribution in [0.4, 0.5) is 5.69 Å². The lowest BCUT2D eigenvalue weighted by Gasteiger charge is -2.15. The minimum absolute atomic E-state index is 0.000523. The summed E-state index contributed by atoms with van der Waals surface area (Å²) >= 11 is 1.38. The smallest absolute Gasteiger partial charge is 0.266 e. The molecule has 0 saturated carbocycles. The average molecular weight is 479 g/mol. The molecule has 2 heterocycles. The number of ether oxygens (including phenoxy) is 1. The van der Waals surface area contributed by atoms with Crippen molar-refractivity contribution in [3.05, 3.63) is 101 Å². The number of rotatable bonds is 7. The van der Waals surface area contributed by atoms with E-state index >= 15 is 0 Å².